The van der Waals surface area contributed by atoms with Gasteiger partial charge in [0, 0.05) is 5.69 Å². The van der Waals surface area contributed by atoms with Crippen LogP contribution in [0.15, 0.2) is 12.1 Å². The summed E-state index contributed by atoms with van der Waals surface area (Å²) < 4.78 is 5.78. The first-order valence-electron chi connectivity index (χ1n) is 7.60. The molecule has 1 aromatic carbocycles. The van der Waals surface area contributed by atoms with Crippen molar-refractivity contribution in [1.29, 1.82) is 0 Å². The predicted molar refractivity (Wildman–Crippen MR) is 81.8 cm³/mol. The van der Waals surface area contributed by atoms with Gasteiger partial charge in [-0.05, 0) is 68.7 Å². The van der Waals surface area contributed by atoms with Gasteiger partial charge in [-0.2, -0.15) is 0 Å². The standard InChI is InChI=1S/C17H25NO2/c1-4-13-7-5-6-8-16(13)20-17(19)15-10-14(18)9-11(2)12(15)3/h9-10,13,16H,4-8,18H2,1-3H3. The van der Waals surface area contributed by atoms with Crippen LogP contribution in [0.25, 0.3) is 0 Å². The van der Waals surface area contributed by atoms with Gasteiger partial charge in [0.2, 0.25) is 0 Å². The van der Waals surface area contributed by atoms with Crippen molar-refractivity contribution >= 4 is 11.7 Å². The molecule has 0 radical (unpaired) electrons. The number of ether oxygens (including phenoxy) is 1. The summed E-state index contributed by atoms with van der Waals surface area (Å²) in [7, 11) is 0. The normalized spacial score (nSPS) is 22.6. The van der Waals surface area contributed by atoms with Crippen molar-refractivity contribution in [2.24, 2.45) is 5.92 Å². The molecular formula is C17H25NO2. The largest absolute Gasteiger partial charge is 0.458 e. The van der Waals surface area contributed by atoms with Gasteiger partial charge in [0.05, 0.1) is 5.56 Å². The Kier molecular flexibility index (Phi) is 4.69. The maximum atomic E-state index is 12.4. The second-order valence-corrected chi connectivity index (χ2v) is 5.91. The van der Waals surface area contributed by atoms with Crippen LogP contribution in [-0.2, 0) is 4.74 Å². The second kappa shape index (κ2) is 6.29. The zero-order chi connectivity index (χ0) is 14.7. The van der Waals surface area contributed by atoms with Crippen molar-refractivity contribution in [3.63, 3.8) is 0 Å². The zero-order valence-electron chi connectivity index (χ0n) is 12.7. The smallest absolute Gasteiger partial charge is 0.338 e. The Balaban J connectivity index is 2.15. The Morgan fingerprint density at radius 3 is 2.70 bits per heavy atom. The Bertz CT molecular complexity index is 496. The highest BCUT2D eigenvalue weighted by Crippen LogP contribution is 2.30. The van der Waals surface area contributed by atoms with Gasteiger partial charge in [-0.3, -0.25) is 0 Å². The Morgan fingerprint density at radius 2 is 2.00 bits per heavy atom. The van der Waals surface area contributed by atoms with E-state index in [9.17, 15) is 4.79 Å². The summed E-state index contributed by atoms with van der Waals surface area (Å²) >= 11 is 0. The van der Waals surface area contributed by atoms with Gasteiger partial charge in [-0.1, -0.05) is 13.3 Å². The molecule has 2 rings (SSSR count). The SMILES string of the molecule is CCC1CCCCC1OC(=O)c1cc(N)cc(C)c1C. The maximum absolute atomic E-state index is 12.4. The van der Waals surface area contributed by atoms with Crippen LogP contribution >= 0.6 is 0 Å². The number of hydrogen-bond acceptors (Lipinski definition) is 3. The van der Waals surface area contributed by atoms with Crippen molar-refractivity contribution in [2.75, 3.05) is 5.73 Å². The summed E-state index contributed by atoms with van der Waals surface area (Å²) in [6, 6.07) is 3.62. The second-order valence-electron chi connectivity index (χ2n) is 5.91. The fourth-order valence-electron chi connectivity index (χ4n) is 3.10. The van der Waals surface area contributed by atoms with Crippen molar-refractivity contribution < 1.29 is 9.53 Å². The molecule has 2 unspecified atom stereocenters. The first-order valence-corrected chi connectivity index (χ1v) is 7.60. The molecule has 20 heavy (non-hydrogen) atoms. The van der Waals surface area contributed by atoms with E-state index in [2.05, 4.69) is 6.92 Å². The number of nitrogen functional groups attached to an aromatic ring is 1. The molecule has 1 aliphatic carbocycles. The Morgan fingerprint density at radius 1 is 1.30 bits per heavy atom. The molecule has 3 heteroatoms. The van der Waals surface area contributed by atoms with Crippen LogP contribution < -0.4 is 5.73 Å². The first kappa shape index (κ1) is 14.9. The lowest BCUT2D eigenvalue weighted by Crippen LogP contribution is -2.30. The predicted octanol–water partition coefficient (Wildman–Crippen LogP) is 4.01. The molecule has 0 spiro atoms. The van der Waals surface area contributed by atoms with Crippen molar-refractivity contribution in [3.8, 4) is 0 Å². The summed E-state index contributed by atoms with van der Waals surface area (Å²) in [5, 5.41) is 0. The van der Waals surface area contributed by atoms with Crippen LogP contribution in [-0.4, -0.2) is 12.1 Å². The van der Waals surface area contributed by atoms with E-state index < -0.39 is 0 Å². The van der Waals surface area contributed by atoms with Gasteiger partial charge >= 0.3 is 5.97 Å². The molecule has 2 N–H and O–H groups in total. The Hall–Kier alpha value is -1.51. The van der Waals surface area contributed by atoms with Crippen LogP contribution in [0.2, 0.25) is 0 Å². The summed E-state index contributed by atoms with van der Waals surface area (Å²) in [5.74, 6) is 0.290. The summed E-state index contributed by atoms with van der Waals surface area (Å²) in [6.45, 7) is 6.09. The Labute approximate surface area is 121 Å². The first-order chi connectivity index (χ1) is 9.52. The van der Waals surface area contributed by atoms with E-state index in [1.54, 1.807) is 6.07 Å². The number of rotatable bonds is 3. The molecule has 0 heterocycles. The van der Waals surface area contributed by atoms with E-state index in [-0.39, 0.29) is 12.1 Å². The van der Waals surface area contributed by atoms with E-state index in [0.29, 0.717) is 17.2 Å². The molecule has 110 valence electrons. The van der Waals surface area contributed by atoms with E-state index in [1.807, 2.05) is 19.9 Å². The third kappa shape index (κ3) is 3.14. The zero-order valence-corrected chi connectivity index (χ0v) is 12.7. The number of carbonyl (C=O) groups is 1. The number of aryl methyl sites for hydroxylation is 1. The van der Waals surface area contributed by atoms with Crippen LogP contribution in [0.4, 0.5) is 5.69 Å². The van der Waals surface area contributed by atoms with Crippen molar-refractivity contribution in [2.45, 2.75) is 59.0 Å². The highest BCUT2D eigenvalue weighted by molar-refractivity contribution is 5.92. The van der Waals surface area contributed by atoms with Gasteiger partial charge in [-0.25, -0.2) is 4.79 Å². The number of carbonyl (C=O) groups excluding carboxylic acids is 1. The molecular weight excluding hydrogens is 250 g/mol. The molecule has 3 nitrogen and oxygen atoms in total. The minimum absolute atomic E-state index is 0.0717. The van der Waals surface area contributed by atoms with Crippen LogP contribution in [0.3, 0.4) is 0 Å². The fourth-order valence-corrected chi connectivity index (χ4v) is 3.10. The van der Waals surface area contributed by atoms with E-state index in [1.165, 1.54) is 12.8 Å². The molecule has 2 atom stereocenters. The quantitative estimate of drug-likeness (QED) is 0.669. The lowest BCUT2D eigenvalue weighted by atomic mass is 9.84. The van der Waals surface area contributed by atoms with Crippen LogP contribution in [0.1, 0.15) is 60.5 Å². The average molecular weight is 275 g/mol. The van der Waals surface area contributed by atoms with E-state index in [4.69, 9.17) is 10.5 Å². The number of anilines is 1. The number of nitrogens with two attached hydrogens (primary N) is 1. The lowest BCUT2D eigenvalue weighted by Gasteiger charge is -2.30. The van der Waals surface area contributed by atoms with E-state index in [0.717, 1.165) is 30.4 Å². The highest BCUT2D eigenvalue weighted by Gasteiger charge is 2.28. The molecule has 1 saturated carbocycles. The molecule has 0 bridgehead atoms. The van der Waals surface area contributed by atoms with Crippen LogP contribution in [0, 0.1) is 19.8 Å². The lowest BCUT2D eigenvalue weighted by molar-refractivity contribution is 0.000633. The number of benzene rings is 1. The molecule has 0 amide bonds. The van der Waals surface area contributed by atoms with Crippen molar-refractivity contribution in [3.05, 3.63) is 28.8 Å². The topological polar surface area (TPSA) is 52.3 Å². The molecule has 1 aromatic rings. The monoisotopic (exact) mass is 275 g/mol. The minimum atomic E-state index is -0.219. The van der Waals surface area contributed by atoms with Gasteiger partial charge < -0.3 is 10.5 Å². The summed E-state index contributed by atoms with van der Waals surface area (Å²) in [4.78, 5) is 12.4. The third-order valence-electron chi connectivity index (χ3n) is 4.53. The average Bonchev–Trinajstić information content (AvgIpc) is 2.43. The molecule has 0 aromatic heterocycles. The molecule has 1 fully saturated rings. The summed E-state index contributed by atoms with van der Waals surface area (Å²) in [5.41, 5.74) is 9.08. The fraction of sp³-hybridized carbons (Fsp3) is 0.588. The highest BCUT2D eigenvalue weighted by atomic mass is 16.5. The van der Waals surface area contributed by atoms with Crippen molar-refractivity contribution in [1.82, 2.24) is 0 Å². The summed E-state index contributed by atoms with van der Waals surface area (Å²) in [6.07, 6.45) is 5.72. The maximum Gasteiger partial charge on any atom is 0.338 e. The van der Waals surface area contributed by atoms with Gasteiger partial charge in [0.1, 0.15) is 6.10 Å². The van der Waals surface area contributed by atoms with Gasteiger partial charge in [0.15, 0.2) is 0 Å². The molecule has 1 aliphatic rings. The molecule has 0 aliphatic heterocycles. The van der Waals surface area contributed by atoms with E-state index >= 15 is 0 Å². The number of hydrogen-bond donors (Lipinski definition) is 1. The molecule has 0 saturated heterocycles. The van der Waals surface area contributed by atoms with Gasteiger partial charge in [0.25, 0.3) is 0 Å². The van der Waals surface area contributed by atoms with Crippen LogP contribution in [0.5, 0.6) is 0 Å². The minimum Gasteiger partial charge on any atom is -0.458 e. The third-order valence-corrected chi connectivity index (χ3v) is 4.53. The van der Waals surface area contributed by atoms with Gasteiger partial charge in [-0.15, -0.1) is 0 Å². The number of esters is 1.